The first kappa shape index (κ1) is 20.8. The van der Waals surface area contributed by atoms with Crippen LogP contribution in [0, 0.1) is 23.2 Å². The first-order valence-corrected chi connectivity index (χ1v) is 4.82. The number of rotatable bonds is 3. The summed E-state index contributed by atoms with van der Waals surface area (Å²) < 4.78 is 4.73. The number of nitriles is 1. The van der Waals surface area contributed by atoms with Crippen LogP contribution in [-0.4, -0.2) is 35.7 Å². The van der Waals surface area contributed by atoms with Crippen LogP contribution in [0.3, 0.4) is 0 Å². The minimum absolute atomic E-state index is 0. The van der Waals surface area contributed by atoms with Crippen molar-refractivity contribution in [1.29, 1.82) is 10.5 Å². The van der Waals surface area contributed by atoms with E-state index in [-0.39, 0.29) is 41.9 Å². The number of epoxide rings is 1. The van der Waals surface area contributed by atoms with E-state index in [0.29, 0.717) is 12.0 Å². The normalized spacial score (nSPS) is 17.5. The van der Waals surface area contributed by atoms with Gasteiger partial charge >= 0.3 is 29.6 Å². The van der Waals surface area contributed by atoms with Crippen molar-refractivity contribution in [1.82, 2.24) is 0 Å². The Balaban J connectivity index is -0.000000159. The SMILES string of the molecule is ClCC1CO1.N#CCC(O)CCl.[C-]#N.[Na+]. The Morgan fingerprint density at radius 1 is 1.53 bits per heavy atom. The van der Waals surface area contributed by atoms with Crippen molar-refractivity contribution in [3.63, 3.8) is 0 Å². The molecule has 7 heteroatoms. The molecular formula is C8H11Cl2N2NaO2. The van der Waals surface area contributed by atoms with Crippen molar-refractivity contribution < 1.29 is 39.4 Å². The van der Waals surface area contributed by atoms with Crippen LogP contribution in [-0.2, 0) is 4.74 Å². The van der Waals surface area contributed by atoms with E-state index in [1.165, 1.54) is 0 Å². The van der Waals surface area contributed by atoms with Gasteiger partial charge in [0, 0.05) is 5.88 Å². The average molecular weight is 261 g/mol. The maximum atomic E-state index is 8.50. The van der Waals surface area contributed by atoms with Crippen molar-refractivity contribution >= 4 is 23.2 Å². The zero-order chi connectivity index (χ0) is 11.4. The summed E-state index contributed by atoms with van der Waals surface area (Å²) in [4.78, 5) is 0. The number of aliphatic hydroxyl groups excluding tert-OH is 1. The number of ether oxygens (including phenoxy) is 1. The minimum atomic E-state index is -0.647. The van der Waals surface area contributed by atoms with Crippen LogP contribution in [0.25, 0.3) is 0 Å². The second-order valence-corrected chi connectivity index (χ2v) is 2.90. The molecule has 0 aliphatic carbocycles. The second-order valence-electron chi connectivity index (χ2n) is 2.28. The van der Waals surface area contributed by atoms with Gasteiger partial charge in [-0.2, -0.15) is 5.26 Å². The summed E-state index contributed by atoms with van der Waals surface area (Å²) in [5.41, 5.74) is 0. The summed E-state index contributed by atoms with van der Waals surface area (Å²) in [5.74, 6) is 0.813. The Bertz CT molecular complexity index is 183. The van der Waals surface area contributed by atoms with Gasteiger partial charge in [-0.15, -0.1) is 23.2 Å². The first-order valence-electron chi connectivity index (χ1n) is 3.75. The van der Waals surface area contributed by atoms with Gasteiger partial charge in [0.15, 0.2) is 0 Å². The molecule has 15 heavy (non-hydrogen) atoms. The van der Waals surface area contributed by atoms with E-state index >= 15 is 0 Å². The van der Waals surface area contributed by atoms with Gasteiger partial charge in [-0.1, -0.05) is 0 Å². The largest absolute Gasteiger partial charge is 1.00 e. The number of nitrogens with zero attached hydrogens (tertiary/aromatic N) is 2. The molecule has 0 saturated carbocycles. The molecular weight excluding hydrogens is 250 g/mol. The van der Waals surface area contributed by atoms with Gasteiger partial charge in [0.25, 0.3) is 0 Å². The second kappa shape index (κ2) is 16.9. The molecule has 2 unspecified atom stereocenters. The standard InChI is InChI=1S/C4H6ClNO.C3H5ClO.CN.Na/c5-3-4(7)1-2-6;4-1-3-2-5-3;1-2;/h4,7H,1,3H2;3H,1-2H2;;/q;;-1;+1. The molecule has 1 rings (SSSR count). The van der Waals surface area contributed by atoms with E-state index in [9.17, 15) is 0 Å². The molecule has 0 bridgehead atoms. The van der Waals surface area contributed by atoms with Gasteiger partial charge < -0.3 is 21.7 Å². The van der Waals surface area contributed by atoms with Crippen LogP contribution in [0.15, 0.2) is 0 Å². The molecule has 1 heterocycles. The molecule has 4 nitrogen and oxygen atoms in total. The van der Waals surface area contributed by atoms with Crippen LogP contribution in [0.1, 0.15) is 6.42 Å². The van der Waals surface area contributed by atoms with E-state index in [1.54, 1.807) is 6.07 Å². The Labute approximate surface area is 122 Å². The predicted octanol–water partition coefficient (Wildman–Crippen LogP) is -1.78. The van der Waals surface area contributed by atoms with Crippen LogP contribution < -0.4 is 29.6 Å². The van der Waals surface area contributed by atoms with Gasteiger partial charge in [-0.3, -0.25) is 0 Å². The fourth-order valence-electron chi connectivity index (χ4n) is 0.317. The molecule has 0 radical (unpaired) electrons. The van der Waals surface area contributed by atoms with Gasteiger partial charge in [0.1, 0.15) is 0 Å². The zero-order valence-corrected chi connectivity index (χ0v) is 12.0. The third kappa shape index (κ3) is 20.5. The van der Waals surface area contributed by atoms with Crippen molar-refractivity contribution in [3.05, 3.63) is 6.57 Å². The molecule has 2 atom stereocenters. The van der Waals surface area contributed by atoms with Gasteiger partial charge in [0.2, 0.25) is 0 Å². The van der Waals surface area contributed by atoms with Crippen molar-refractivity contribution in [3.8, 4) is 6.07 Å². The quantitative estimate of drug-likeness (QED) is 0.282. The van der Waals surface area contributed by atoms with Crippen LogP contribution >= 0.6 is 23.2 Å². The molecule has 0 aromatic carbocycles. The summed E-state index contributed by atoms with van der Waals surface area (Å²) in [6.07, 6.45) is -0.118. The molecule has 1 fully saturated rings. The molecule has 1 aliphatic rings. The predicted molar refractivity (Wildman–Crippen MR) is 52.4 cm³/mol. The fraction of sp³-hybridized carbons (Fsp3) is 0.750. The van der Waals surface area contributed by atoms with Gasteiger partial charge in [0.05, 0.1) is 37.2 Å². The third-order valence-electron chi connectivity index (χ3n) is 1.08. The molecule has 1 N–H and O–H groups in total. The van der Waals surface area contributed by atoms with Crippen molar-refractivity contribution in [2.24, 2.45) is 0 Å². The van der Waals surface area contributed by atoms with Crippen LogP contribution in [0.4, 0.5) is 0 Å². The Kier molecular flexibility index (Phi) is 23.5. The number of hydrogen-bond donors (Lipinski definition) is 1. The van der Waals surface area contributed by atoms with E-state index in [4.69, 9.17) is 50.1 Å². The number of alkyl halides is 2. The Morgan fingerprint density at radius 3 is 2.07 bits per heavy atom. The number of hydrogen-bond acceptors (Lipinski definition) is 4. The number of aliphatic hydroxyl groups is 1. The van der Waals surface area contributed by atoms with Crippen molar-refractivity contribution in [2.75, 3.05) is 18.4 Å². The van der Waals surface area contributed by atoms with E-state index in [2.05, 4.69) is 0 Å². The smallest absolute Gasteiger partial charge is 0.512 e. The van der Waals surface area contributed by atoms with E-state index in [0.717, 1.165) is 6.61 Å². The maximum absolute atomic E-state index is 8.50. The molecule has 1 aliphatic heterocycles. The molecule has 80 valence electrons. The summed E-state index contributed by atoms with van der Waals surface area (Å²) in [7, 11) is 0. The van der Waals surface area contributed by atoms with Crippen molar-refractivity contribution in [2.45, 2.75) is 18.6 Å². The summed E-state index contributed by atoms with van der Waals surface area (Å²) >= 11 is 10.4. The molecule has 0 amide bonds. The maximum Gasteiger partial charge on any atom is 1.00 e. The molecule has 0 aromatic heterocycles. The summed E-state index contributed by atoms with van der Waals surface area (Å²) in [6, 6.07) is 1.78. The molecule has 0 spiro atoms. The fourth-order valence-corrected chi connectivity index (χ4v) is 0.604. The van der Waals surface area contributed by atoms with Crippen LogP contribution in [0.5, 0.6) is 0 Å². The minimum Gasteiger partial charge on any atom is -0.512 e. The van der Waals surface area contributed by atoms with Gasteiger partial charge in [-0.25, -0.2) is 0 Å². The van der Waals surface area contributed by atoms with Crippen LogP contribution in [0.2, 0.25) is 0 Å². The Morgan fingerprint density at radius 2 is 2.00 bits per heavy atom. The van der Waals surface area contributed by atoms with E-state index < -0.39 is 6.10 Å². The average Bonchev–Trinajstić information content (AvgIpc) is 3.05. The number of halogens is 2. The van der Waals surface area contributed by atoms with Gasteiger partial charge in [-0.05, 0) is 0 Å². The molecule has 1 saturated heterocycles. The van der Waals surface area contributed by atoms with E-state index in [1.807, 2.05) is 0 Å². The first-order chi connectivity index (χ1) is 6.74. The molecule has 0 aromatic rings. The Hall–Kier alpha value is 0.480. The zero-order valence-electron chi connectivity index (χ0n) is 8.49. The monoisotopic (exact) mass is 260 g/mol. The topological polar surface area (TPSA) is 80.3 Å². The third-order valence-corrected chi connectivity index (χ3v) is 1.78. The summed E-state index contributed by atoms with van der Waals surface area (Å²) in [6.45, 7) is 5.63. The summed E-state index contributed by atoms with van der Waals surface area (Å²) in [5, 5.41) is 22.7.